The first-order valence-electron chi connectivity index (χ1n) is 9.08. The first-order chi connectivity index (χ1) is 14.9. The summed E-state index contributed by atoms with van der Waals surface area (Å²) >= 11 is 0. The molecule has 1 aromatic heterocycles. The van der Waals surface area contributed by atoms with E-state index in [1.807, 2.05) is 0 Å². The molecule has 10 heteroatoms. The van der Waals surface area contributed by atoms with Crippen LogP contribution in [0.2, 0.25) is 0 Å². The smallest absolute Gasteiger partial charge is 0.338 e. The number of aromatic nitrogens is 1. The van der Waals surface area contributed by atoms with E-state index in [4.69, 9.17) is 4.74 Å². The number of para-hydroxylation sites is 1. The Morgan fingerprint density at radius 2 is 1.90 bits per heavy atom. The van der Waals surface area contributed by atoms with Crippen LogP contribution in [-0.4, -0.2) is 38.6 Å². The SMILES string of the molecule is C=CCN(c1ccccc1)S(=O)(=O)c1cccc(C(=O)OCC(=O)Nc2ccon2)c1. The van der Waals surface area contributed by atoms with Crippen LogP contribution in [0.25, 0.3) is 0 Å². The summed E-state index contributed by atoms with van der Waals surface area (Å²) in [4.78, 5) is 24.0. The van der Waals surface area contributed by atoms with E-state index < -0.39 is 28.5 Å². The highest BCUT2D eigenvalue weighted by atomic mass is 32.2. The fourth-order valence-electron chi connectivity index (χ4n) is 2.63. The highest BCUT2D eigenvalue weighted by Crippen LogP contribution is 2.24. The lowest BCUT2D eigenvalue weighted by Gasteiger charge is -2.23. The maximum Gasteiger partial charge on any atom is 0.338 e. The molecule has 0 aliphatic carbocycles. The molecule has 0 fully saturated rings. The average Bonchev–Trinajstić information content (AvgIpc) is 3.29. The Hall–Kier alpha value is -3.92. The van der Waals surface area contributed by atoms with Gasteiger partial charge in [-0.1, -0.05) is 35.5 Å². The Morgan fingerprint density at radius 1 is 1.13 bits per heavy atom. The molecule has 0 saturated carbocycles. The van der Waals surface area contributed by atoms with Crippen LogP contribution in [0.4, 0.5) is 11.5 Å². The number of carbonyl (C=O) groups excluding carboxylic acids is 2. The van der Waals surface area contributed by atoms with Gasteiger partial charge in [0.25, 0.3) is 15.9 Å². The number of carbonyl (C=O) groups is 2. The fourth-order valence-corrected chi connectivity index (χ4v) is 4.12. The predicted octanol–water partition coefficient (Wildman–Crippen LogP) is 2.85. The molecule has 3 aromatic rings. The van der Waals surface area contributed by atoms with Crippen LogP contribution in [0.1, 0.15) is 10.4 Å². The van der Waals surface area contributed by atoms with Gasteiger partial charge in [-0.25, -0.2) is 13.2 Å². The van der Waals surface area contributed by atoms with E-state index in [2.05, 4.69) is 21.6 Å². The quantitative estimate of drug-likeness (QED) is 0.401. The normalized spacial score (nSPS) is 10.8. The largest absolute Gasteiger partial charge is 0.452 e. The number of benzene rings is 2. The zero-order valence-corrected chi connectivity index (χ0v) is 17.1. The minimum atomic E-state index is -3.98. The van der Waals surface area contributed by atoms with Crippen molar-refractivity contribution in [3.63, 3.8) is 0 Å². The number of esters is 1. The Morgan fingerprint density at radius 3 is 2.58 bits per heavy atom. The minimum Gasteiger partial charge on any atom is -0.452 e. The third-order valence-electron chi connectivity index (χ3n) is 4.04. The summed E-state index contributed by atoms with van der Waals surface area (Å²) in [7, 11) is -3.98. The number of anilines is 2. The van der Waals surface area contributed by atoms with E-state index in [9.17, 15) is 18.0 Å². The molecule has 0 atom stereocenters. The van der Waals surface area contributed by atoms with Crippen molar-refractivity contribution < 1.29 is 27.3 Å². The molecule has 0 spiro atoms. The summed E-state index contributed by atoms with van der Waals surface area (Å²) in [6, 6.07) is 15.4. The zero-order valence-electron chi connectivity index (χ0n) is 16.3. The average molecular weight is 441 g/mol. The number of hydrogen-bond acceptors (Lipinski definition) is 7. The summed E-state index contributed by atoms with van der Waals surface area (Å²) in [5, 5.41) is 5.89. The Kier molecular flexibility index (Phi) is 6.83. The summed E-state index contributed by atoms with van der Waals surface area (Å²) in [6.45, 7) is 3.09. The van der Waals surface area contributed by atoms with Crippen LogP contribution >= 0.6 is 0 Å². The topological polar surface area (TPSA) is 119 Å². The molecule has 160 valence electrons. The van der Waals surface area contributed by atoms with E-state index >= 15 is 0 Å². The van der Waals surface area contributed by atoms with Crippen molar-refractivity contribution >= 4 is 33.4 Å². The monoisotopic (exact) mass is 441 g/mol. The van der Waals surface area contributed by atoms with Crippen molar-refractivity contribution in [2.75, 3.05) is 22.8 Å². The van der Waals surface area contributed by atoms with Crippen molar-refractivity contribution in [2.24, 2.45) is 0 Å². The van der Waals surface area contributed by atoms with Crippen LogP contribution in [0.5, 0.6) is 0 Å². The van der Waals surface area contributed by atoms with Crippen molar-refractivity contribution in [2.45, 2.75) is 4.90 Å². The van der Waals surface area contributed by atoms with Gasteiger partial charge in [-0.15, -0.1) is 6.58 Å². The molecule has 0 saturated heterocycles. The minimum absolute atomic E-state index is 0.0121. The summed E-state index contributed by atoms with van der Waals surface area (Å²) in [5.74, 6) is -1.29. The number of amides is 1. The number of ether oxygens (including phenoxy) is 1. The van der Waals surface area contributed by atoms with Gasteiger partial charge in [0, 0.05) is 6.07 Å². The maximum atomic E-state index is 13.2. The Bertz CT molecular complexity index is 1160. The van der Waals surface area contributed by atoms with E-state index in [1.165, 1.54) is 47.0 Å². The number of hydrogen-bond donors (Lipinski definition) is 1. The lowest BCUT2D eigenvalue weighted by atomic mass is 10.2. The third kappa shape index (κ3) is 5.37. The molecule has 1 heterocycles. The van der Waals surface area contributed by atoms with Gasteiger partial charge in [0.15, 0.2) is 12.4 Å². The van der Waals surface area contributed by atoms with Crippen LogP contribution < -0.4 is 9.62 Å². The highest BCUT2D eigenvalue weighted by molar-refractivity contribution is 7.92. The third-order valence-corrected chi connectivity index (χ3v) is 5.83. The first-order valence-corrected chi connectivity index (χ1v) is 10.5. The zero-order chi connectivity index (χ0) is 22.3. The number of nitrogens with one attached hydrogen (secondary N) is 1. The van der Waals surface area contributed by atoms with Crippen LogP contribution in [-0.2, 0) is 19.6 Å². The fraction of sp³-hybridized carbons (Fsp3) is 0.0952. The summed E-state index contributed by atoms with van der Waals surface area (Å²) in [6.07, 6.45) is 2.74. The standard InChI is InChI=1S/C21H19N3O6S/c1-2-12-24(17-8-4-3-5-9-17)31(27,28)18-10-6-7-16(14-18)21(26)29-15-20(25)22-19-11-13-30-23-19/h2-11,13-14H,1,12,15H2,(H,22,23,25). The van der Waals surface area contributed by atoms with Crippen molar-refractivity contribution in [3.8, 4) is 0 Å². The van der Waals surface area contributed by atoms with Crippen LogP contribution in [0.15, 0.2) is 89.0 Å². The highest BCUT2D eigenvalue weighted by Gasteiger charge is 2.25. The van der Waals surface area contributed by atoms with Crippen LogP contribution in [0, 0.1) is 0 Å². The molecular formula is C21H19N3O6S. The van der Waals surface area contributed by atoms with Crippen molar-refractivity contribution in [1.82, 2.24) is 5.16 Å². The van der Waals surface area contributed by atoms with Gasteiger partial charge in [0.05, 0.1) is 22.7 Å². The molecule has 3 rings (SSSR count). The summed E-state index contributed by atoms with van der Waals surface area (Å²) < 4.78 is 37.1. The van der Waals surface area contributed by atoms with E-state index in [0.717, 1.165) is 0 Å². The second-order valence-electron chi connectivity index (χ2n) is 6.20. The van der Waals surface area contributed by atoms with Crippen molar-refractivity contribution in [1.29, 1.82) is 0 Å². The van der Waals surface area contributed by atoms with Crippen molar-refractivity contribution in [3.05, 3.63) is 85.1 Å². The van der Waals surface area contributed by atoms with Gasteiger partial charge in [0.2, 0.25) is 0 Å². The molecule has 2 aromatic carbocycles. The predicted molar refractivity (Wildman–Crippen MR) is 113 cm³/mol. The van der Waals surface area contributed by atoms with Gasteiger partial charge < -0.3 is 14.6 Å². The molecular weight excluding hydrogens is 422 g/mol. The number of nitrogens with zero attached hydrogens (tertiary/aromatic N) is 2. The molecule has 0 aliphatic heterocycles. The van der Waals surface area contributed by atoms with E-state index in [0.29, 0.717) is 5.69 Å². The van der Waals surface area contributed by atoms with Gasteiger partial charge in [0.1, 0.15) is 6.26 Å². The summed E-state index contributed by atoms with van der Waals surface area (Å²) in [5.41, 5.74) is 0.446. The molecule has 0 aliphatic rings. The van der Waals surface area contributed by atoms with Gasteiger partial charge in [-0.3, -0.25) is 9.10 Å². The molecule has 0 radical (unpaired) electrons. The van der Waals surface area contributed by atoms with Crippen LogP contribution in [0.3, 0.4) is 0 Å². The first kappa shape index (κ1) is 21.8. The Balaban J connectivity index is 1.75. The number of rotatable bonds is 9. The molecule has 31 heavy (non-hydrogen) atoms. The molecule has 9 nitrogen and oxygen atoms in total. The van der Waals surface area contributed by atoms with E-state index in [-0.39, 0.29) is 22.8 Å². The molecule has 0 unspecified atom stereocenters. The lowest BCUT2D eigenvalue weighted by molar-refractivity contribution is -0.119. The second kappa shape index (κ2) is 9.72. The van der Waals surface area contributed by atoms with E-state index in [1.54, 1.807) is 30.3 Å². The number of sulfonamides is 1. The molecule has 1 N–H and O–H groups in total. The lowest BCUT2D eigenvalue weighted by Crippen LogP contribution is -2.31. The van der Waals surface area contributed by atoms with Gasteiger partial charge >= 0.3 is 5.97 Å². The maximum absolute atomic E-state index is 13.2. The van der Waals surface area contributed by atoms with Gasteiger partial charge in [-0.2, -0.15) is 0 Å². The second-order valence-corrected chi connectivity index (χ2v) is 8.06. The molecule has 0 bridgehead atoms. The molecule has 1 amide bonds. The Labute approximate surface area is 179 Å². The van der Waals surface area contributed by atoms with Gasteiger partial charge in [-0.05, 0) is 30.3 Å².